The zero-order valence-electron chi connectivity index (χ0n) is 13.5. The number of thiocarbonyl (C=S) groups is 1. The second-order valence-electron chi connectivity index (χ2n) is 6.68. The van der Waals surface area contributed by atoms with Gasteiger partial charge in [-0.1, -0.05) is 66.4 Å². The van der Waals surface area contributed by atoms with E-state index in [1.54, 1.807) is 5.57 Å². The Morgan fingerprint density at radius 2 is 2.09 bits per heavy atom. The van der Waals surface area contributed by atoms with Crippen LogP contribution >= 0.6 is 12.2 Å². The third-order valence-corrected chi connectivity index (χ3v) is 5.60. The number of hydrogen-bond acceptors (Lipinski definition) is 2. The van der Waals surface area contributed by atoms with Gasteiger partial charge in [0.25, 0.3) is 0 Å². The van der Waals surface area contributed by atoms with E-state index in [1.165, 1.54) is 16.8 Å². The van der Waals surface area contributed by atoms with Crippen LogP contribution in [0.2, 0.25) is 0 Å². The minimum atomic E-state index is 0.406. The molecule has 1 aliphatic carbocycles. The van der Waals surface area contributed by atoms with Crippen LogP contribution in [-0.2, 0) is 6.54 Å². The highest BCUT2D eigenvalue weighted by atomic mass is 32.1. The summed E-state index contributed by atoms with van der Waals surface area (Å²) in [6.07, 6.45) is 9.15. The van der Waals surface area contributed by atoms with Gasteiger partial charge in [-0.25, -0.2) is 0 Å². The topological polar surface area (TPSA) is 15.3 Å². The van der Waals surface area contributed by atoms with Gasteiger partial charge in [-0.2, -0.15) is 0 Å². The molecule has 0 spiro atoms. The first-order valence-electron chi connectivity index (χ1n) is 8.40. The SMILES string of the molecule is CC1=CCC2C3=C(NC2C=C1)C(=S)N(Cc1ccccc1)CC3. The predicted octanol–water partition coefficient (Wildman–Crippen LogP) is 3.97. The highest BCUT2D eigenvalue weighted by Gasteiger charge is 2.37. The third-order valence-electron chi connectivity index (χ3n) is 5.14. The highest BCUT2D eigenvalue weighted by molar-refractivity contribution is 7.80. The molecule has 4 rings (SSSR count). The van der Waals surface area contributed by atoms with E-state index in [-0.39, 0.29) is 0 Å². The zero-order valence-corrected chi connectivity index (χ0v) is 14.3. The van der Waals surface area contributed by atoms with Gasteiger partial charge in [0, 0.05) is 19.0 Å². The lowest BCUT2D eigenvalue weighted by molar-refractivity contribution is 0.406. The van der Waals surface area contributed by atoms with Crippen molar-refractivity contribution in [3.05, 3.63) is 71.0 Å². The van der Waals surface area contributed by atoms with Gasteiger partial charge in [0.2, 0.25) is 0 Å². The number of allylic oxidation sites excluding steroid dienone is 3. The first kappa shape index (κ1) is 14.7. The van der Waals surface area contributed by atoms with Crippen molar-refractivity contribution in [2.75, 3.05) is 6.54 Å². The van der Waals surface area contributed by atoms with E-state index in [2.05, 4.69) is 65.7 Å². The minimum Gasteiger partial charge on any atom is -0.376 e. The fraction of sp³-hybridized carbons (Fsp3) is 0.350. The lowest BCUT2D eigenvalue weighted by Gasteiger charge is -2.31. The standard InChI is InChI=1S/C20H22N2S/c1-14-7-9-16-17-11-12-22(13-15-5-3-2-4-6-15)20(23)19(17)21-18(16)10-8-14/h2-8,10,16,18,21H,9,11-13H2,1H3. The molecule has 1 aromatic carbocycles. The van der Waals surface area contributed by atoms with Crippen LogP contribution in [-0.4, -0.2) is 22.5 Å². The number of fused-ring (bicyclic) bond motifs is 2. The lowest BCUT2D eigenvalue weighted by Crippen LogP contribution is -2.38. The van der Waals surface area contributed by atoms with E-state index < -0.39 is 0 Å². The Bertz CT molecular complexity index is 714. The predicted molar refractivity (Wildman–Crippen MR) is 99.0 cm³/mol. The molecule has 0 bridgehead atoms. The van der Waals surface area contributed by atoms with Gasteiger partial charge in [0.1, 0.15) is 4.99 Å². The van der Waals surface area contributed by atoms with Crippen LogP contribution in [0.25, 0.3) is 0 Å². The van der Waals surface area contributed by atoms with E-state index in [0.29, 0.717) is 12.0 Å². The van der Waals surface area contributed by atoms with E-state index in [0.717, 1.165) is 30.9 Å². The van der Waals surface area contributed by atoms with E-state index >= 15 is 0 Å². The first-order valence-corrected chi connectivity index (χ1v) is 8.81. The molecule has 0 radical (unpaired) electrons. The lowest BCUT2D eigenvalue weighted by atomic mass is 9.88. The van der Waals surface area contributed by atoms with Gasteiger partial charge < -0.3 is 10.2 Å². The maximum atomic E-state index is 5.81. The molecule has 0 amide bonds. The van der Waals surface area contributed by atoms with Gasteiger partial charge in [0.15, 0.2) is 0 Å². The smallest absolute Gasteiger partial charge is 0.125 e. The molecule has 2 nitrogen and oxygen atoms in total. The molecular weight excluding hydrogens is 300 g/mol. The summed E-state index contributed by atoms with van der Waals surface area (Å²) in [5.41, 5.74) is 5.46. The Morgan fingerprint density at radius 3 is 2.91 bits per heavy atom. The Labute approximate surface area is 143 Å². The summed E-state index contributed by atoms with van der Waals surface area (Å²) in [7, 11) is 0. The summed E-state index contributed by atoms with van der Waals surface area (Å²) in [6, 6.07) is 11.0. The summed E-state index contributed by atoms with van der Waals surface area (Å²) in [5.74, 6) is 0.579. The molecule has 0 saturated heterocycles. The largest absolute Gasteiger partial charge is 0.376 e. The molecule has 3 heteroatoms. The van der Waals surface area contributed by atoms with Crippen LogP contribution in [0.5, 0.6) is 0 Å². The van der Waals surface area contributed by atoms with Gasteiger partial charge in [-0.05, 0) is 30.9 Å². The molecule has 1 N–H and O–H groups in total. The molecule has 0 aromatic heterocycles. The number of benzene rings is 1. The minimum absolute atomic E-state index is 0.406. The fourth-order valence-corrected chi connectivity index (χ4v) is 4.19. The summed E-state index contributed by atoms with van der Waals surface area (Å²) in [6.45, 7) is 4.12. The highest BCUT2D eigenvalue weighted by Crippen LogP contribution is 2.38. The first-order chi connectivity index (χ1) is 11.2. The van der Waals surface area contributed by atoms with Crippen LogP contribution in [0.15, 0.2) is 65.4 Å². The van der Waals surface area contributed by atoms with Crippen molar-refractivity contribution in [1.29, 1.82) is 0 Å². The molecule has 2 unspecified atom stereocenters. The van der Waals surface area contributed by atoms with Crippen LogP contribution in [0, 0.1) is 5.92 Å². The van der Waals surface area contributed by atoms with Gasteiger partial charge in [0.05, 0.1) is 11.7 Å². The maximum Gasteiger partial charge on any atom is 0.125 e. The summed E-state index contributed by atoms with van der Waals surface area (Å²) >= 11 is 5.81. The molecule has 23 heavy (non-hydrogen) atoms. The molecule has 2 heterocycles. The molecule has 118 valence electrons. The molecule has 0 saturated carbocycles. The molecule has 0 fully saturated rings. The van der Waals surface area contributed by atoms with Gasteiger partial charge >= 0.3 is 0 Å². The summed E-state index contributed by atoms with van der Waals surface area (Å²) in [5, 5.41) is 3.70. The van der Waals surface area contributed by atoms with E-state index in [4.69, 9.17) is 12.2 Å². The average Bonchev–Trinajstić information content (AvgIpc) is 2.83. The molecule has 3 aliphatic rings. The zero-order chi connectivity index (χ0) is 15.8. The number of hydrogen-bond donors (Lipinski definition) is 1. The van der Waals surface area contributed by atoms with Crippen molar-refractivity contribution in [3.63, 3.8) is 0 Å². The monoisotopic (exact) mass is 322 g/mol. The average molecular weight is 322 g/mol. The molecular formula is C20H22N2S. The van der Waals surface area contributed by atoms with Gasteiger partial charge in [-0.15, -0.1) is 0 Å². The Morgan fingerprint density at radius 1 is 1.26 bits per heavy atom. The summed E-state index contributed by atoms with van der Waals surface area (Å²) in [4.78, 5) is 3.34. The van der Waals surface area contributed by atoms with Crippen LogP contribution in [0.1, 0.15) is 25.3 Å². The Kier molecular flexibility index (Phi) is 3.82. The third kappa shape index (κ3) is 2.74. The molecule has 2 atom stereocenters. The van der Waals surface area contributed by atoms with E-state index in [1.807, 2.05) is 0 Å². The number of nitrogens with one attached hydrogen (secondary N) is 1. The van der Waals surface area contributed by atoms with E-state index in [9.17, 15) is 0 Å². The number of nitrogens with zero attached hydrogens (tertiary/aromatic N) is 1. The van der Waals surface area contributed by atoms with Crippen molar-refractivity contribution in [3.8, 4) is 0 Å². The quantitative estimate of drug-likeness (QED) is 0.830. The van der Waals surface area contributed by atoms with Crippen molar-refractivity contribution in [1.82, 2.24) is 10.2 Å². The normalized spacial score (nSPS) is 26.4. The second kappa shape index (κ2) is 5.97. The van der Waals surface area contributed by atoms with Crippen LogP contribution in [0.3, 0.4) is 0 Å². The Balaban J connectivity index is 1.55. The maximum absolute atomic E-state index is 5.81. The van der Waals surface area contributed by atoms with Crippen molar-refractivity contribution in [2.45, 2.75) is 32.4 Å². The fourth-order valence-electron chi connectivity index (χ4n) is 3.85. The van der Waals surface area contributed by atoms with Gasteiger partial charge in [-0.3, -0.25) is 0 Å². The molecule has 1 aromatic rings. The Hall–Kier alpha value is -1.87. The van der Waals surface area contributed by atoms with Crippen LogP contribution in [0.4, 0.5) is 0 Å². The van der Waals surface area contributed by atoms with Crippen molar-refractivity contribution in [2.24, 2.45) is 5.92 Å². The summed E-state index contributed by atoms with van der Waals surface area (Å²) < 4.78 is 0. The second-order valence-corrected chi connectivity index (χ2v) is 7.07. The number of rotatable bonds is 2. The van der Waals surface area contributed by atoms with Crippen LogP contribution < -0.4 is 5.32 Å². The van der Waals surface area contributed by atoms with Crippen molar-refractivity contribution >= 4 is 17.2 Å². The van der Waals surface area contributed by atoms with Crippen molar-refractivity contribution < 1.29 is 0 Å². The molecule has 2 aliphatic heterocycles.